The van der Waals surface area contributed by atoms with Crippen molar-refractivity contribution in [1.29, 1.82) is 0 Å². The fourth-order valence-corrected chi connectivity index (χ4v) is 5.58. The molecule has 1 unspecified atom stereocenters. The highest BCUT2D eigenvalue weighted by Crippen LogP contribution is 2.43. The van der Waals surface area contributed by atoms with Crippen LogP contribution in [-0.4, -0.2) is 58.4 Å². The number of nitrogens with one attached hydrogen (secondary N) is 1. The van der Waals surface area contributed by atoms with Crippen LogP contribution in [0.15, 0.2) is 48.5 Å². The minimum absolute atomic E-state index is 0.0145. The molecule has 0 spiro atoms. The summed E-state index contributed by atoms with van der Waals surface area (Å²) in [7, 11) is 0. The lowest BCUT2D eigenvalue weighted by Gasteiger charge is -2.48. The second-order valence-corrected chi connectivity index (χ2v) is 10.4. The molecule has 3 amide bonds. The van der Waals surface area contributed by atoms with E-state index in [1.807, 2.05) is 19.1 Å². The molecule has 2 aromatic rings. The zero-order valence-electron chi connectivity index (χ0n) is 20.1. The molecule has 1 N–H and O–H groups in total. The molecule has 0 aliphatic carbocycles. The molecule has 0 aromatic heterocycles. The van der Waals surface area contributed by atoms with Crippen molar-refractivity contribution >= 4 is 23.4 Å². The Morgan fingerprint density at radius 3 is 2.53 bits per heavy atom. The molecule has 3 heterocycles. The molecule has 0 bridgehead atoms. The van der Waals surface area contributed by atoms with Crippen molar-refractivity contribution in [2.24, 2.45) is 0 Å². The molecular weight excluding hydrogens is 428 g/mol. The van der Waals surface area contributed by atoms with Crippen LogP contribution in [0.25, 0.3) is 0 Å². The number of carbonyl (C=O) groups is 3. The number of para-hydroxylation sites is 1. The molecule has 5 rings (SSSR count). The Balaban J connectivity index is 1.28. The van der Waals surface area contributed by atoms with Crippen LogP contribution in [0.5, 0.6) is 0 Å². The average Bonchev–Trinajstić information content (AvgIpc) is 3.15. The van der Waals surface area contributed by atoms with Gasteiger partial charge in [-0.3, -0.25) is 24.2 Å². The second-order valence-electron chi connectivity index (χ2n) is 10.4. The maximum atomic E-state index is 13.4. The smallest absolute Gasteiger partial charge is 0.258 e. The molecule has 1 saturated heterocycles. The minimum atomic E-state index is -0.827. The van der Waals surface area contributed by atoms with Crippen molar-refractivity contribution in [2.75, 3.05) is 24.5 Å². The van der Waals surface area contributed by atoms with Gasteiger partial charge in [-0.15, -0.1) is 0 Å². The maximum Gasteiger partial charge on any atom is 0.258 e. The van der Waals surface area contributed by atoms with Gasteiger partial charge in [0.25, 0.3) is 5.91 Å². The Kier molecular flexibility index (Phi) is 5.47. The van der Waals surface area contributed by atoms with Gasteiger partial charge in [0, 0.05) is 31.6 Å². The van der Waals surface area contributed by atoms with E-state index in [9.17, 15) is 14.4 Å². The first-order chi connectivity index (χ1) is 16.2. The van der Waals surface area contributed by atoms with Crippen molar-refractivity contribution in [2.45, 2.75) is 57.8 Å². The van der Waals surface area contributed by atoms with Gasteiger partial charge in [-0.2, -0.15) is 0 Å². The highest BCUT2D eigenvalue weighted by atomic mass is 16.2. The van der Waals surface area contributed by atoms with Crippen LogP contribution in [-0.2, 0) is 22.6 Å². The minimum Gasteiger partial charge on any atom is -0.353 e. The van der Waals surface area contributed by atoms with E-state index < -0.39 is 5.66 Å². The predicted octanol–water partition coefficient (Wildman–Crippen LogP) is 2.94. The van der Waals surface area contributed by atoms with E-state index in [0.29, 0.717) is 30.6 Å². The average molecular weight is 461 g/mol. The SMILES string of the molecule is CC(C)(CNC(=O)CN1C(=O)c2ccccc2N2C(=O)CCC12C)N1CCc2ccccc2C1. The largest absolute Gasteiger partial charge is 0.353 e. The zero-order valence-corrected chi connectivity index (χ0v) is 20.1. The summed E-state index contributed by atoms with van der Waals surface area (Å²) in [5.41, 5.74) is 2.78. The Morgan fingerprint density at radius 1 is 1.03 bits per heavy atom. The highest BCUT2D eigenvalue weighted by Gasteiger charge is 2.53. The molecule has 2 aromatic carbocycles. The van der Waals surface area contributed by atoms with E-state index in [4.69, 9.17) is 0 Å². The third kappa shape index (κ3) is 3.68. The fraction of sp³-hybridized carbons (Fsp3) is 0.444. The second kappa shape index (κ2) is 8.24. The summed E-state index contributed by atoms with van der Waals surface area (Å²) in [6.45, 7) is 8.36. The van der Waals surface area contributed by atoms with Crippen molar-refractivity contribution in [1.82, 2.24) is 15.1 Å². The lowest BCUT2D eigenvalue weighted by atomic mass is 9.94. The van der Waals surface area contributed by atoms with Crippen LogP contribution in [0, 0.1) is 0 Å². The molecule has 7 nitrogen and oxygen atoms in total. The number of hydrogen-bond donors (Lipinski definition) is 1. The van der Waals surface area contributed by atoms with Crippen molar-refractivity contribution in [3.05, 3.63) is 65.2 Å². The molecule has 1 fully saturated rings. The first-order valence-electron chi connectivity index (χ1n) is 12.0. The number of hydrogen-bond acceptors (Lipinski definition) is 4. The number of rotatable bonds is 5. The number of benzene rings is 2. The molecule has 7 heteroatoms. The van der Waals surface area contributed by atoms with Gasteiger partial charge in [0.2, 0.25) is 11.8 Å². The third-order valence-electron chi connectivity index (χ3n) is 7.75. The van der Waals surface area contributed by atoms with Crippen molar-refractivity contribution in [3.63, 3.8) is 0 Å². The van der Waals surface area contributed by atoms with Gasteiger partial charge >= 0.3 is 0 Å². The van der Waals surface area contributed by atoms with Crippen LogP contribution in [0.2, 0.25) is 0 Å². The third-order valence-corrected chi connectivity index (χ3v) is 7.75. The molecule has 0 saturated carbocycles. The molecule has 1 atom stereocenters. The van der Waals surface area contributed by atoms with E-state index in [1.165, 1.54) is 11.1 Å². The Hall–Kier alpha value is -3.19. The molecule has 0 radical (unpaired) electrons. The Bertz CT molecular complexity index is 1160. The van der Waals surface area contributed by atoms with Gasteiger partial charge in [-0.25, -0.2) is 0 Å². The number of fused-ring (bicyclic) bond motifs is 4. The van der Waals surface area contributed by atoms with E-state index in [2.05, 4.69) is 48.3 Å². The van der Waals surface area contributed by atoms with Crippen molar-refractivity contribution < 1.29 is 14.4 Å². The summed E-state index contributed by atoms with van der Waals surface area (Å²) in [4.78, 5) is 44.8. The first-order valence-corrected chi connectivity index (χ1v) is 12.0. The molecular formula is C27H32N4O3. The van der Waals surface area contributed by atoms with E-state index in [-0.39, 0.29) is 29.8 Å². The van der Waals surface area contributed by atoms with Crippen LogP contribution in [0.3, 0.4) is 0 Å². The van der Waals surface area contributed by atoms with Crippen LogP contribution in [0.1, 0.15) is 55.1 Å². The monoisotopic (exact) mass is 460 g/mol. The number of nitrogens with zero attached hydrogens (tertiary/aromatic N) is 3. The Morgan fingerprint density at radius 2 is 1.74 bits per heavy atom. The zero-order chi connectivity index (χ0) is 24.1. The van der Waals surface area contributed by atoms with Crippen molar-refractivity contribution in [3.8, 4) is 0 Å². The molecule has 34 heavy (non-hydrogen) atoms. The van der Waals surface area contributed by atoms with Gasteiger partial charge in [0.05, 0.1) is 11.3 Å². The summed E-state index contributed by atoms with van der Waals surface area (Å²) in [6, 6.07) is 15.7. The lowest BCUT2D eigenvalue weighted by Crippen LogP contribution is -2.64. The molecule has 3 aliphatic rings. The summed E-state index contributed by atoms with van der Waals surface area (Å²) in [6.07, 6.45) is 1.87. The van der Waals surface area contributed by atoms with Gasteiger partial charge in [-0.05, 0) is 56.9 Å². The van der Waals surface area contributed by atoms with E-state index in [1.54, 1.807) is 21.9 Å². The summed E-state index contributed by atoms with van der Waals surface area (Å²) >= 11 is 0. The van der Waals surface area contributed by atoms with Gasteiger partial charge < -0.3 is 10.2 Å². The summed E-state index contributed by atoms with van der Waals surface area (Å²) < 4.78 is 0. The van der Waals surface area contributed by atoms with Crippen LogP contribution in [0.4, 0.5) is 5.69 Å². The van der Waals surface area contributed by atoms with E-state index in [0.717, 1.165) is 19.5 Å². The van der Waals surface area contributed by atoms with Crippen LogP contribution < -0.4 is 10.2 Å². The number of amides is 3. The van der Waals surface area contributed by atoms with Gasteiger partial charge in [0.1, 0.15) is 12.2 Å². The van der Waals surface area contributed by atoms with E-state index >= 15 is 0 Å². The van der Waals surface area contributed by atoms with Gasteiger partial charge in [-0.1, -0.05) is 36.4 Å². The lowest BCUT2D eigenvalue weighted by molar-refractivity contribution is -0.124. The summed E-state index contributed by atoms with van der Waals surface area (Å²) in [5.74, 6) is -0.427. The quantitative estimate of drug-likeness (QED) is 0.745. The molecule has 3 aliphatic heterocycles. The Labute approximate surface area is 200 Å². The number of anilines is 1. The standard InChI is InChI=1S/C27H32N4O3/c1-26(2,29-15-13-19-8-4-5-9-20(19)16-29)18-28-23(32)17-30-25(34)21-10-6-7-11-22(21)31-24(33)12-14-27(30,31)3/h4-11H,12-18H2,1-3H3,(H,28,32). The first kappa shape index (κ1) is 22.6. The van der Waals surface area contributed by atoms with Gasteiger partial charge in [0.15, 0.2) is 0 Å². The highest BCUT2D eigenvalue weighted by molar-refractivity contribution is 6.11. The van der Waals surface area contributed by atoms with Crippen LogP contribution >= 0.6 is 0 Å². The molecule has 178 valence electrons. The topological polar surface area (TPSA) is 73.0 Å². The summed E-state index contributed by atoms with van der Waals surface area (Å²) in [5, 5.41) is 3.07. The number of carbonyl (C=O) groups excluding carboxylic acids is 3. The normalized spacial score (nSPS) is 22.3. The predicted molar refractivity (Wildman–Crippen MR) is 130 cm³/mol. The fourth-order valence-electron chi connectivity index (χ4n) is 5.58. The maximum absolute atomic E-state index is 13.4.